The van der Waals surface area contributed by atoms with E-state index in [1.807, 2.05) is 0 Å². The molecule has 0 aliphatic carbocycles. The van der Waals surface area contributed by atoms with Crippen molar-refractivity contribution in [2.45, 2.75) is 115 Å². The summed E-state index contributed by atoms with van der Waals surface area (Å²) in [4.78, 5) is 26.6. The maximum atomic E-state index is 13.5. The molecular formula is C38H47NO6. The number of fused-ring (bicyclic) bond motifs is 6. The fourth-order valence-electron chi connectivity index (χ4n) is 6.93. The van der Waals surface area contributed by atoms with Crippen LogP contribution in [0.25, 0.3) is 0 Å². The highest BCUT2D eigenvalue weighted by molar-refractivity contribution is 6.06. The van der Waals surface area contributed by atoms with E-state index in [2.05, 4.69) is 6.92 Å². The second kappa shape index (κ2) is 14.9. The third-order valence-corrected chi connectivity index (χ3v) is 9.28. The van der Waals surface area contributed by atoms with E-state index in [-0.39, 0.29) is 46.5 Å². The van der Waals surface area contributed by atoms with Crippen molar-refractivity contribution < 1.29 is 29.3 Å². The minimum Gasteiger partial charge on any atom is -0.508 e. The summed E-state index contributed by atoms with van der Waals surface area (Å²) in [6.07, 6.45) is 18.8. The average molecular weight is 614 g/mol. The molecule has 0 amide bonds. The van der Waals surface area contributed by atoms with Crippen molar-refractivity contribution in [3.8, 4) is 23.0 Å². The second-order valence-electron chi connectivity index (χ2n) is 12.6. The number of phenolic OH excluding ortho intramolecular Hbond substituents is 2. The number of ether oxygens (including phenoxy) is 2. The molecule has 3 aromatic rings. The van der Waals surface area contributed by atoms with E-state index in [1.54, 1.807) is 30.3 Å². The van der Waals surface area contributed by atoms with Crippen LogP contribution in [0.2, 0.25) is 0 Å². The van der Waals surface area contributed by atoms with Gasteiger partial charge in [-0.25, -0.2) is 4.79 Å². The number of Topliss-reactive ketones (excluding diaryl/α,β-unsaturated/α-hetero) is 1. The molecule has 0 saturated heterocycles. The maximum absolute atomic E-state index is 13.5. The SMILES string of the molecule is CCCCCCCCCCCCCCCCCC(=O)c1c(O)cc2c(c1N)C1(OC(=O)c3ccccc31)c1ccc(O)cc1O2. The predicted molar refractivity (Wildman–Crippen MR) is 176 cm³/mol. The molecule has 1 unspecified atom stereocenters. The predicted octanol–water partition coefficient (Wildman–Crippen LogP) is 9.69. The largest absolute Gasteiger partial charge is 0.508 e. The van der Waals surface area contributed by atoms with Gasteiger partial charge in [-0.05, 0) is 24.6 Å². The number of hydrogen-bond donors (Lipinski definition) is 3. The lowest BCUT2D eigenvalue weighted by Crippen LogP contribution is -2.34. The van der Waals surface area contributed by atoms with Gasteiger partial charge in [0.25, 0.3) is 0 Å². The number of aromatic hydroxyl groups is 2. The van der Waals surface area contributed by atoms with E-state index in [9.17, 15) is 19.8 Å². The van der Waals surface area contributed by atoms with Crippen LogP contribution in [0.15, 0.2) is 48.5 Å². The van der Waals surface area contributed by atoms with Crippen molar-refractivity contribution in [2.75, 3.05) is 5.73 Å². The first-order valence-electron chi connectivity index (χ1n) is 16.9. The van der Waals surface area contributed by atoms with E-state index in [0.717, 1.165) is 19.3 Å². The maximum Gasteiger partial charge on any atom is 0.340 e. The van der Waals surface area contributed by atoms with Gasteiger partial charge in [-0.2, -0.15) is 0 Å². The highest BCUT2D eigenvalue weighted by Gasteiger charge is 2.55. The van der Waals surface area contributed by atoms with Crippen LogP contribution in [-0.2, 0) is 10.3 Å². The average Bonchev–Trinajstić information content (AvgIpc) is 3.30. The molecule has 45 heavy (non-hydrogen) atoms. The quantitative estimate of drug-likeness (QED) is 0.0600. The summed E-state index contributed by atoms with van der Waals surface area (Å²) >= 11 is 0. The Morgan fingerprint density at radius 2 is 1.36 bits per heavy atom. The monoisotopic (exact) mass is 613 g/mol. The molecule has 0 aromatic heterocycles. The first-order chi connectivity index (χ1) is 21.9. The van der Waals surface area contributed by atoms with Crippen LogP contribution in [0.3, 0.4) is 0 Å². The molecule has 1 spiro atoms. The lowest BCUT2D eigenvalue weighted by atomic mass is 9.76. The number of unbranched alkanes of at least 4 members (excludes halogenated alkanes) is 14. The van der Waals surface area contributed by atoms with Crippen LogP contribution >= 0.6 is 0 Å². The molecule has 7 heteroatoms. The van der Waals surface area contributed by atoms with Crippen LogP contribution < -0.4 is 10.5 Å². The molecule has 240 valence electrons. The molecule has 4 N–H and O–H groups in total. The Balaban J connectivity index is 1.20. The van der Waals surface area contributed by atoms with Gasteiger partial charge in [0.05, 0.1) is 22.4 Å². The molecule has 5 rings (SSSR count). The number of rotatable bonds is 17. The van der Waals surface area contributed by atoms with Crippen molar-refractivity contribution in [1.82, 2.24) is 0 Å². The molecule has 2 aliphatic heterocycles. The number of carbonyl (C=O) groups is 2. The lowest BCUT2D eigenvalue weighted by molar-refractivity contribution is 0.0226. The molecule has 0 fully saturated rings. The zero-order valence-corrected chi connectivity index (χ0v) is 26.5. The van der Waals surface area contributed by atoms with Gasteiger partial charge in [-0.15, -0.1) is 0 Å². The molecule has 7 nitrogen and oxygen atoms in total. The molecule has 0 saturated carbocycles. The van der Waals surface area contributed by atoms with Crippen molar-refractivity contribution >= 4 is 17.4 Å². The van der Waals surface area contributed by atoms with Crippen molar-refractivity contribution in [3.05, 3.63) is 76.3 Å². The Morgan fingerprint density at radius 3 is 2.00 bits per heavy atom. The molecule has 0 radical (unpaired) electrons. The Morgan fingerprint density at radius 1 is 0.756 bits per heavy atom. The minimum atomic E-state index is -1.49. The molecule has 2 heterocycles. The standard InChI is InChI=1S/C38H47NO6/c1-2-3-4-5-6-7-8-9-10-11-12-13-14-15-16-21-30(41)34-31(42)25-33-35(36(34)39)38(29-23-22-26(40)24-32(29)44-33)28-20-18-17-19-27(28)37(43)45-38/h17-20,22-25,40,42H,2-16,21,39H2,1H3. The summed E-state index contributed by atoms with van der Waals surface area (Å²) in [5.74, 6) is -0.674. The van der Waals surface area contributed by atoms with Crippen LogP contribution in [0.4, 0.5) is 5.69 Å². The number of nitrogen functional groups attached to an aromatic ring is 1. The third-order valence-electron chi connectivity index (χ3n) is 9.28. The first-order valence-corrected chi connectivity index (χ1v) is 16.9. The van der Waals surface area contributed by atoms with E-state index < -0.39 is 11.6 Å². The summed E-state index contributed by atoms with van der Waals surface area (Å²) in [5.41, 5.74) is 6.97. The van der Waals surface area contributed by atoms with Crippen LogP contribution in [0.1, 0.15) is 147 Å². The van der Waals surface area contributed by atoms with Gasteiger partial charge in [0, 0.05) is 29.7 Å². The summed E-state index contributed by atoms with van der Waals surface area (Å²) in [6, 6.07) is 12.9. The van der Waals surface area contributed by atoms with Gasteiger partial charge in [-0.1, -0.05) is 115 Å². The number of anilines is 1. The second-order valence-corrected chi connectivity index (χ2v) is 12.6. The fourth-order valence-corrected chi connectivity index (χ4v) is 6.93. The zero-order chi connectivity index (χ0) is 31.8. The van der Waals surface area contributed by atoms with Gasteiger partial charge in [0.1, 0.15) is 23.0 Å². The van der Waals surface area contributed by atoms with Gasteiger partial charge in [0.15, 0.2) is 11.4 Å². The van der Waals surface area contributed by atoms with Crippen LogP contribution in [0, 0.1) is 0 Å². The Labute approximate surface area is 266 Å². The van der Waals surface area contributed by atoms with E-state index in [1.165, 1.54) is 88.8 Å². The summed E-state index contributed by atoms with van der Waals surface area (Å²) < 4.78 is 12.2. The van der Waals surface area contributed by atoms with E-state index in [4.69, 9.17) is 15.2 Å². The molecular weight excluding hydrogens is 566 g/mol. The number of esters is 1. The van der Waals surface area contributed by atoms with E-state index >= 15 is 0 Å². The first kappa shape index (κ1) is 32.4. The fraction of sp³-hybridized carbons (Fsp3) is 0.474. The highest BCUT2D eigenvalue weighted by atomic mass is 16.6. The Hall–Kier alpha value is -4.00. The van der Waals surface area contributed by atoms with Crippen molar-refractivity contribution in [1.29, 1.82) is 0 Å². The molecule has 2 aliphatic rings. The van der Waals surface area contributed by atoms with Crippen LogP contribution in [-0.4, -0.2) is 22.0 Å². The number of hydrogen-bond acceptors (Lipinski definition) is 7. The Kier molecular flexibility index (Phi) is 10.7. The minimum absolute atomic E-state index is 0.0183. The van der Waals surface area contributed by atoms with Crippen LogP contribution in [0.5, 0.6) is 23.0 Å². The van der Waals surface area contributed by atoms with Crippen molar-refractivity contribution in [2.24, 2.45) is 0 Å². The van der Waals surface area contributed by atoms with Gasteiger partial charge < -0.3 is 25.4 Å². The molecule has 3 aromatic carbocycles. The molecule has 0 bridgehead atoms. The number of nitrogens with two attached hydrogens (primary N) is 1. The number of ketones is 1. The summed E-state index contributed by atoms with van der Waals surface area (Å²) in [5, 5.41) is 21.2. The lowest BCUT2D eigenvalue weighted by Gasteiger charge is -2.37. The Bertz CT molecular complexity index is 1510. The number of phenols is 2. The molecule has 1 atom stereocenters. The van der Waals surface area contributed by atoms with Gasteiger partial charge >= 0.3 is 5.97 Å². The number of benzene rings is 3. The highest BCUT2D eigenvalue weighted by Crippen LogP contribution is 2.59. The number of carbonyl (C=O) groups excluding carboxylic acids is 2. The summed E-state index contributed by atoms with van der Waals surface area (Å²) in [6.45, 7) is 2.26. The van der Waals surface area contributed by atoms with Crippen molar-refractivity contribution in [3.63, 3.8) is 0 Å². The summed E-state index contributed by atoms with van der Waals surface area (Å²) in [7, 11) is 0. The topological polar surface area (TPSA) is 119 Å². The smallest absolute Gasteiger partial charge is 0.340 e. The normalized spacial score (nSPS) is 16.2. The van der Waals surface area contributed by atoms with Gasteiger partial charge in [-0.3, -0.25) is 4.79 Å². The zero-order valence-electron chi connectivity index (χ0n) is 26.5. The van der Waals surface area contributed by atoms with Gasteiger partial charge in [0.2, 0.25) is 0 Å². The third kappa shape index (κ3) is 6.82. The van der Waals surface area contributed by atoms with E-state index in [0.29, 0.717) is 28.7 Å².